The number of quaternary nitrogens is 1. The smallest absolute Gasteiger partial charge is 0.268 e. The Balaban J connectivity index is 4.19. The van der Waals surface area contributed by atoms with Crippen molar-refractivity contribution in [2.24, 2.45) is 5.92 Å². The Morgan fingerprint density at radius 2 is 0.682 bits per heavy atom. The zero-order valence-corrected chi connectivity index (χ0v) is 31.5. The molecule has 3 nitrogen and oxygen atoms in total. The average Bonchev–Trinajstić information content (AvgIpc) is 3.03. The summed E-state index contributed by atoms with van der Waals surface area (Å²) in [4.78, 5) is 13.5. The molecule has 0 aromatic carbocycles. The Morgan fingerprint density at radius 1 is 0.409 bits per heavy atom. The number of nitrogens with one attached hydrogen (secondary N) is 1. The molecule has 264 valence electrons. The van der Waals surface area contributed by atoms with Gasteiger partial charge < -0.3 is 0 Å². The van der Waals surface area contributed by atoms with E-state index in [0.717, 1.165) is 43.5 Å². The summed E-state index contributed by atoms with van der Waals surface area (Å²) < 4.78 is 0.753. The normalized spacial score (nSPS) is 12.6. The first-order valence-electron chi connectivity index (χ1n) is 20.8. The molecule has 0 aromatic rings. The second-order valence-electron chi connectivity index (χ2n) is 14.4. The molecule has 0 aromatic heterocycles. The maximum Gasteiger partial charge on any atom is 0.268 e. The predicted octanol–water partition coefficient (Wildman–Crippen LogP) is 13.6. The van der Waals surface area contributed by atoms with Crippen LogP contribution in [0.4, 0.5) is 0 Å². The summed E-state index contributed by atoms with van der Waals surface area (Å²) in [7, 11) is 0. The largest absolute Gasteiger partial charge is 0.270 e. The lowest BCUT2D eigenvalue weighted by molar-refractivity contribution is -0.958. The van der Waals surface area contributed by atoms with Crippen LogP contribution in [0.2, 0.25) is 0 Å². The van der Waals surface area contributed by atoms with Crippen molar-refractivity contribution >= 4 is 5.91 Å². The molecule has 1 atom stereocenters. The molecule has 0 aliphatic rings. The van der Waals surface area contributed by atoms with Gasteiger partial charge in [0.2, 0.25) is 0 Å². The third-order valence-corrected chi connectivity index (χ3v) is 10.4. The summed E-state index contributed by atoms with van der Waals surface area (Å²) in [5.74, 6) is 0.545. The third kappa shape index (κ3) is 26.6. The second-order valence-corrected chi connectivity index (χ2v) is 14.4. The van der Waals surface area contributed by atoms with Crippen LogP contribution in [0.5, 0.6) is 0 Å². The third-order valence-electron chi connectivity index (χ3n) is 10.4. The van der Waals surface area contributed by atoms with Crippen molar-refractivity contribution in [1.29, 1.82) is 0 Å². The highest BCUT2D eigenvalue weighted by molar-refractivity contribution is 5.77. The van der Waals surface area contributed by atoms with Crippen LogP contribution in [0.3, 0.4) is 0 Å². The number of hydrogen-bond acceptors (Lipinski definition) is 1. The summed E-state index contributed by atoms with van der Waals surface area (Å²) >= 11 is 0. The van der Waals surface area contributed by atoms with Crippen LogP contribution < -0.4 is 5.43 Å². The van der Waals surface area contributed by atoms with Gasteiger partial charge in [0.1, 0.15) is 6.54 Å². The number of nitrogens with zero attached hydrogens (tertiary/aromatic N) is 1. The lowest BCUT2D eigenvalue weighted by Crippen LogP contribution is -2.61. The second kappa shape index (κ2) is 33.8. The molecular weight excluding hydrogens is 536 g/mol. The summed E-state index contributed by atoms with van der Waals surface area (Å²) in [5, 5.41) is 0. The zero-order chi connectivity index (χ0) is 32.4. The summed E-state index contributed by atoms with van der Waals surface area (Å²) in [6.45, 7) is 14.3. The summed E-state index contributed by atoms with van der Waals surface area (Å²) in [6.07, 6.45) is 42.3. The fourth-order valence-corrected chi connectivity index (χ4v) is 7.08. The highest BCUT2D eigenvalue weighted by Gasteiger charge is 2.29. The summed E-state index contributed by atoms with van der Waals surface area (Å²) in [5.41, 5.74) is 3.53. The van der Waals surface area contributed by atoms with Gasteiger partial charge in [-0.3, -0.25) is 4.79 Å². The van der Waals surface area contributed by atoms with E-state index < -0.39 is 0 Å². The number of carbonyl (C=O) groups is 1. The van der Waals surface area contributed by atoms with Gasteiger partial charge in [-0.05, 0) is 33.1 Å². The van der Waals surface area contributed by atoms with Crippen LogP contribution >= 0.6 is 0 Å². The van der Waals surface area contributed by atoms with Gasteiger partial charge in [0.05, 0.1) is 13.1 Å². The fraction of sp³-hybridized carbons (Fsp3) is 0.976. The van der Waals surface area contributed by atoms with Crippen molar-refractivity contribution < 1.29 is 9.39 Å². The van der Waals surface area contributed by atoms with Gasteiger partial charge >= 0.3 is 0 Å². The Kier molecular flexibility index (Phi) is 33.3. The maximum absolute atomic E-state index is 13.5. The van der Waals surface area contributed by atoms with Crippen LogP contribution in [-0.2, 0) is 4.79 Å². The molecule has 0 spiro atoms. The molecule has 0 fully saturated rings. The Hall–Kier alpha value is -0.570. The van der Waals surface area contributed by atoms with Gasteiger partial charge in [0.25, 0.3) is 5.91 Å². The standard InChI is InChI=1S/C41H84N2O/c1-6-11-13-15-17-19-21-23-24-25-26-28-30-32-34-36-38-40(41(44)42-43(9-4,10-5)39-8-3)37-35-33-31-29-27-22-20-18-16-14-12-7-2/h40H,6-39H2,1-5H3/p+1. The zero-order valence-electron chi connectivity index (χ0n) is 31.5. The van der Waals surface area contributed by atoms with Gasteiger partial charge in [-0.25, -0.2) is 10.0 Å². The van der Waals surface area contributed by atoms with Crippen LogP contribution in [0, 0.1) is 5.92 Å². The predicted molar refractivity (Wildman–Crippen MR) is 198 cm³/mol. The number of amides is 1. The first-order chi connectivity index (χ1) is 21.6. The van der Waals surface area contributed by atoms with Gasteiger partial charge in [-0.1, -0.05) is 201 Å². The molecule has 0 saturated carbocycles. The Labute approximate surface area is 279 Å². The fourth-order valence-electron chi connectivity index (χ4n) is 7.08. The van der Waals surface area contributed by atoms with Crippen molar-refractivity contribution in [3.8, 4) is 0 Å². The quantitative estimate of drug-likeness (QED) is 0.0421. The SMILES string of the molecule is CCCCCCCCCCCCCCCCCCC(CCCCCCCCCCCCCC)C(=O)N[N+](CC)(CC)CCC. The molecule has 1 N–H and O–H groups in total. The topological polar surface area (TPSA) is 29.1 Å². The molecule has 1 amide bonds. The molecule has 3 heteroatoms. The van der Waals surface area contributed by atoms with E-state index in [1.807, 2.05) is 0 Å². The monoisotopic (exact) mass is 622 g/mol. The van der Waals surface area contributed by atoms with Crippen molar-refractivity contribution in [3.05, 3.63) is 0 Å². The molecule has 0 bridgehead atoms. The Morgan fingerprint density at radius 3 is 0.932 bits per heavy atom. The van der Waals surface area contributed by atoms with Crippen molar-refractivity contribution in [3.63, 3.8) is 0 Å². The number of rotatable bonds is 36. The summed E-state index contributed by atoms with van der Waals surface area (Å²) in [6, 6.07) is 0. The molecule has 0 saturated heterocycles. The first-order valence-corrected chi connectivity index (χ1v) is 20.8. The van der Waals surface area contributed by atoms with Gasteiger partial charge in [0, 0.05) is 5.92 Å². The minimum absolute atomic E-state index is 0.206. The van der Waals surface area contributed by atoms with E-state index in [1.54, 1.807) is 0 Å². The van der Waals surface area contributed by atoms with E-state index in [0.29, 0.717) is 5.91 Å². The van der Waals surface area contributed by atoms with E-state index in [4.69, 9.17) is 0 Å². The molecule has 0 rings (SSSR count). The van der Waals surface area contributed by atoms with Gasteiger partial charge in [-0.15, -0.1) is 0 Å². The average molecular weight is 622 g/mol. The van der Waals surface area contributed by atoms with E-state index in [9.17, 15) is 4.79 Å². The molecule has 0 aliphatic carbocycles. The maximum atomic E-state index is 13.5. The first kappa shape index (κ1) is 43.4. The van der Waals surface area contributed by atoms with Crippen LogP contribution in [-0.4, -0.2) is 30.1 Å². The minimum Gasteiger partial charge on any atom is -0.270 e. The molecule has 0 radical (unpaired) electrons. The van der Waals surface area contributed by atoms with Gasteiger partial charge in [0.15, 0.2) is 0 Å². The molecule has 44 heavy (non-hydrogen) atoms. The molecule has 0 heterocycles. The minimum atomic E-state index is 0.206. The van der Waals surface area contributed by atoms with E-state index in [-0.39, 0.29) is 5.92 Å². The Bertz CT molecular complexity index is 573. The van der Waals surface area contributed by atoms with Crippen molar-refractivity contribution in [2.75, 3.05) is 19.6 Å². The van der Waals surface area contributed by atoms with Crippen molar-refractivity contribution in [2.45, 2.75) is 234 Å². The molecule has 0 aliphatic heterocycles. The van der Waals surface area contributed by atoms with Crippen LogP contribution in [0.1, 0.15) is 234 Å². The van der Waals surface area contributed by atoms with E-state index in [2.05, 4.69) is 40.0 Å². The number of hydrogen-bond donors (Lipinski definition) is 1. The van der Waals surface area contributed by atoms with Crippen molar-refractivity contribution in [1.82, 2.24) is 5.43 Å². The van der Waals surface area contributed by atoms with Gasteiger partial charge in [-0.2, -0.15) is 0 Å². The lowest BCUT2D eigenvalue weighted by atomic mass is 9.93. The molecule has 1 unspecified atom stereocenters. The lowest BCUT2D eigenvalue weighted by Gasteiger charge is -2.36. The van der Waals surface area contributed by atoms with E-state index in [1.165, 1.54) is 180 Å². The van der Waals surface area contributed by atoms with Crippen LogP contribution in [0.15, 0.2) is 0 Å². The molecular formula is C41H85N2O+. The number of unbranched alkanes of at least 4 members (excludes halogenated alkanes) is 26. The highest BCUT2D eigenvalue weighted by Crippen LogP contribution is 2.22. The highest BCUT2D eigenvalue weighted by atomic mass is 16.2. The number of carbonyl (C=O) groups excluding carboxylic acids is 1. The van der Waals surface area contributed by atoms with Crippen LogP contribution in [0.25, 0.3) is 0 Å². The van der Waals surface area contributed by atoms with E-state index >= 15 is 0 Å².